The highest BCUT2D eigenvalue weighted by atomic mass is 79.9. The van der Waals surface area contributed by atoms with Crippen LogP contribution in [0.5, 0.6) is 0 Å². The maximum absolute atomic E-state index is 14.5. The molecule has 3 saturated heterocycles. The van der Waals surface area contributed by atoms with Gasteiger partial charge in [-0.15, -0.1) is 18.3 Å². The third-order valence-electron chi connectivity index (χ3n) is 7.77. The van der Waals surface area contributed by atoms with Crippen LogP contribution < -0.4 is 0 Å². The van der Waals surface area contributed by atoms with E-state index in [2.05, 4.69) is 29.1 Å². The number of aliphatic hydroxyl groups excluding tert-OH is 1. The highest BCUT2D eigenvalue weighted by Gasteiger charge is 2.76. The van der Waals surface area contributed by atoms with Crippen LogP contribution in [-0.2, 0) is 25.7 Å². The van der Waals surface area contributed by atoms with E-state index < -0.39 is 34.6 Å². The predicted octanol–water partition coefficient (Wildman–Crippen LogP) is 3.41. The van der Waals surface area contributed by atoms with Crippen molar-refractivity contribution in [3.63, 3.8) is 0 Å². The Hall–Kier alpha value is -2.10. The number of nitrogens with zero attached hydrogens (tertiary/aromatic N) is 2. The van der Waals surface area contributed by atoms with Gasteiger partial charge in [-0.2, -0.15) is 0 Å². The lowest BCUT2D eigenvalue weighted by Gasteiger charge is -2.41. The van der Waals surface area contributed by atoms with Crippen molar-refractivity contribution in [1.82, 2.24) is 9.80 Å². The molecular weight excluding hydrogens is 556 g/mol. The van der Waals surface area contributed by atoms with E-state index in [1.54, 1.807) is 27.6 Å². The Labute approximate surface area is 231 Å². The molecule has 1 aromatic rings. The first-order valence-electron chi connectivity index (χ1n) is 12.7. The van der Waals surface area contributed by atoms with Crippen LogP contribution >= 0.6 is 27.7 Å². The Morgan fingerprint density at radius 3 is 2.59 bits per heavy atom. The maximum atomic E-state index is 14.5. The quantitative estimate of drug-likeness (QED) is 0.241. The van der Waals surface area contributed by atoms with Crippen molar-refractivity contribution in [3.8, 4) is 0 Å². The average molecular weight is 592 g/mol. The number of rotatable bonds is 11. The number of amides is 2. The van der Waals surface area contributed by atoms with Crippen LogP contribution in [-0.4, -0.2) is 79.4 Å². The van der Waals surface area contributed by atoms with Crippen molar-refractivity contribution >= 4 is 45.5 Å². The second-order valence-corrected chi connectivity index (χ2v) is 13.0. The number of thioether (sulfide) groups is 1. The first-order valence-corrected chi connectivity index (χ1v) is 14.5. The molecule has 37 heavy (non-hydrogen) atoms. The van der Waals surface area contributed by atoms with Gasteiger partial charge in [0.2, 0.25) is 11.8 Å². The van der Waals surface area contributed by atoms with Gasteiger partial charge in [0.15, 0.2) is 0 Å². The molecule has 7 atom stereocenters. The van der Waals surface area contributed by atoms with Crippen LogP contribution in [0, 0.1) is 17.8 Å². The molecule has 2 bridgehead atoms. The second-order valence-electron chi connectivity index (χ2n) is 10.3. The van der Waals surface area contributed by atoms with Gasteiger partial charge in [-0.3, -0.25) is 14.4 Å². The number of esters is 1. The molecule has 3 fully saturated rings. The van der Waals surface area contributed by atoms with Crippen LogP contribution in [0.1, 0.15) is 25.8 Å². The molecule has 3 aliphatic rings. The summed E-state index contributed by atoms with van der Waals surface area (Å²) in [7, 11) is 0. The van der Waals surface area contributed by atoms with Crippen molar-refractivity contribution in [2.45, 2.75) is 53.7 Å². The number of halogens is 1. The first-order chi connectivity index (χ1) is 17.7. The number of alkyl halides is 1. The van der Waals surface area contributed by atoms with Crippen molar-refractivity contribution in [2.75, 3.05) is 19.8 Å². The summed E-state index contributed by atoms with van der Waals surface area (Å²) in [6, 6.07) is 8.33. The summed E-state index contributed by atoms with van der Waals surface area (Å²) in [4.78, 5) is 45.2. The van der Waals surface area contributed by atoms with E-state index in [-0.39, 0.29) is 41.0 Å². The van der Waals surface area contributed by atoms with Gasteiger partial charge in [-0.25, -0.2) is 0 Å². The summed E-state index contributed by atoms with van der Waals surface area (Å²) < 4.78 is 4.64. The molecule has 7 nitrogen and oxygen atoms in total. The summed E-state index contributed by atoms with van der Waals surface area (Å²) in [5, 5.41) is 10.2. The Bertz CT molecular complexity index is 1050. The monoisotopic (exact) mass is 590 g/mol. The fraction of sp³-hybridized carbons (Fsp3) is 0.536. The fourth-order valence-electron chi connectivity index (χ4n) is 6.20. The molecule has 9 heteroatoms. The van der Waals surface area contributed by atoms with Gasteiger partial charge in [0, 0.05) is 23.2 Å². The zero-order valence-corrected chi connectivity index (χ0v) is 23.7. The number of hydrogen-bond acceptors (Lipinski definition) is 6. The Morgan fingerprint density at radius 2 is 2.00 bits per heavy atom. The normalized spacial score (nSPS) is 30.8. The molecule has 0 aliphatic carbocycles. The number of hydrogen-bond donors (Lipinski definition) is 1. The van der Waals surface area contributed by atoms with Crippen LogP contribution in [0.4, 0.5) is 0 Å². The van der Waals surface area contributed by atoms with E-state index in [4.69, 9.17) is 4.74 Å². The summed E-state index contributed by atoms with van der Waals surface area (Å²) in [5.74, 6) is -2.34. The molecule has 1 N–H and O–H groups in total. The number of benzene rings is 1. The number of carbonyl (C=O) groups excluding carboxylic acids is 3. The van der Waals surface area contributed by atoms with Gasteiger partial charge in [0.25, 0.3) is 0 Å². The van der Waals surface area contributed by atoms with Gasteiger partial charge in [-0.05, 0) is 17.9 Å². The maximum Gasteiger partial charge on any atom is 0.311 e. The van der Waals surface area contributed by atoms with Crippen LogP contribution in [0.15, 0.2) is 55.6 Å². The minimum absolute atomic E-state index is 0.0494. The third kappa shape index (κ3) is 4.79. The number of aliphatic hydroxyl groups is 1. The van der Waals surface area contributed by atoms with E-state index in [0.717, 1.165) is 5.56 Å². The third-order valence-corrected chi connectivity index (χ3v) is 11.0. The van der Waals surface area contributed by atoms with Gasteiger partial charge in [0.1, 0.15) is 12.6 Å². The Morgan fingerprint density at radius 1 is 1.30 bits per heavy atom. The smallest absolute Gasteiger partial charge is 0.311 e. The fourth-order valence-corrected chi connectivity index (χ4v) is 9.78. The highest BCUT2D eigenvalue weighted by molar-refractivity contribution is 9.09. The minimum Gasteiger partial charge on any atom is -0.461 e. The molecule has 4 rings (SSSR count). The Balaban J connectivity index is 1.79. The van der Waals surface area contributed by atoms with E-state index >= 15 is 0 Å². The van der Waals surface area contributed by atoms with Crippen molar-refractivity contribution in [1.29, 1.82) is 0 Å². The van der Waals surface area contributed by atoms with Crippen LogP contribution in [0.2, 0.25) is 0 Å². The Kier molecular flexibility index (Phi) is 8.55. The van der Waals surface area contributed by atoms with Crippen molar-refractivity contribution < 1.29 is 24.2 Å². The number of ether oxygens (including phenoxy) is 1. The molecule has 0 saturated carbocycles. The molecule has 3 aliphatic heterocycles. The topological polar surface area (TPSA) is 87.2 Å². The second kappa shape index (κ2) is 11.3. The van der Waals surface area contributed by atoms with Gasteiger partial charge >= 0.3 is 5.97 Å². The lowest BCUT2D eigenvalue weighted by Crippen LogP contribution is -2.58. The van der Waals surface area contributed by atoms with Crippen molar-refractivity contribution in [3.05, 3.63) is 61.2 Å². The van der Waals surface area contributed by atoms with Gasteiger partial charge in [0.05, 0.1) is 29.2 Å². The average Bonchev–Trinajstić information content (AvgIpc) is 3.46. The van der Waals surface area contributed by atoms with Gasteiger partial charge in [-0.1, -0.05) is 78.8 Å². The lowest BCUT2D eigenvalue weighted by atomic mass is 9.71. The van der Waals surface area contributed by atoms with Crippen molar-refractivity contribution in [2.24, 2.45) is 17.8 Å². The summed E-state index contributed by atoms with van der Waals surface area (Å²) in [5.41, 5.74) is 0.970. The minimum atomic E-state index is -0.819. The zero-order valence-electron chi connectivity index (χ0n) is 21.3. The van der Waals surface area contributed by atoms with E-state index in [1.807, 2.05) is 44.2 Å². The molecule has 2 amide bonds. The molecule has 3 heterocycles. The molecule has 0 radical (unpaired) electrons. The molecule has 0 aromatic heterocycles. The van der Waals surface area contributed by atoms with E-state index in [1.165, 1.54) is 6.08 Å². The first kappa shape index (κ1) is 27.9. The predicted molar refractivity (Wildman–Crippen MR) is 148 cm³/mol. The summed E-state index contributed by atoms with van der Waals surface area (Å²) >= 11 is 5.32. The number of likely N-dealkylation sites (tertiary alicyclic amines) is 1. The summed E-state index contributed by atoms with van der Waals surface area (Å²) in [6.07, 6.45) is 3.76. The van der Waals surface area contributed by atoms with Gasteiger partial charge < -0.3 is 19.6 Å². The molecule has 1 aromatic carbocycles. The lowest BCUT2D eigenvalue weighted by molar-refractivity contribution is -0.153. The summed E-state index contributed by atoms with van der Waals surface area (Å²) in [6.45, 7) is 11.8. The highest BCUT2D eigenvalue weighted by Crippen LogP contribution is 2.68. The van der Waals surface area contributed by atoms with Crippen LogP contribution in [0.3, 0.4) is 0 Å². The number of fused-ring (bicyclic) bond motifs is 1. The molecule has 200 valence electrons. The van der Waals surface area contributed by atoms with E-state index in [9.17, 15) is 19.5 Å². The molecular formula is C28H35BrN2O5S. The zero-order chi connectivity index (χ0) is 26.9. The SMILES string of the molecule is C=CCOC(=O)[C@H]1[C@@H]2SC3(CC2Br)C(C(=O)N(CC=C)Cc2ccccc2)N([C@@H](CO)C(C)C)C(=O)[C@H]13. The number of carbonyl (C=O) groups is 3. The molecule has 1 spiro atoms. The largest absolute Gasteiger partial charge is 0.461 e. The van der Waals surface area contributed by atoms with E-state index in [0.29, 0.717) is 19.5 Å². The van der Waals surface area contributed by atoms with Crippen LogP contribution in [0.25, 0.3) is 0 Å². The molecule has 3 unspecified atom stereocenters. The standard InChI is InChI=1S/C28H35BrN2O5S/c1-5-12-30(15-18-10-8-7-9-11-18)26(34)24-28-14-19(29)23(37-28)21(27(35)36-13-6-2)22(28)25(33)31(24)20(16-32)17(3)4/h5-11,17,19-24,32H,1-2,12-16H2,3-4H3/t19?,20-,21+,22-,23+,24?,28?/m0/s1.